The van der Waals surface area contributed by atoms with Gasteiger partial charge in [0, 0.05) is 33.8 Å². The maximum Gasteiger partial charge on any atom is 0.168 e. The summed E-state index contributed by atoms with van der Waals surface area (Å²) in [5, 5.41) is 14.1. The molecule has 0 aliphatic heterocycles. The Morgan fingerprint density at radius 2 is 2.04 bits per heavy atom. The summed E-state index contributed by atoms with van der Waals surface area (Å²) >= 11 is 1.74. The molecule has 0 saturated heterocycles. The lowest BCUT2D eigenvalue weighted by Crippen LogP contribution is -2.44. The van der Waals surface area contributed by atoms with Crippen LogP contribution in [-0.2, 0) is 6.42 Å². The number of Topliss-reactive ketones (excluding diaryl/α,β-unsaturated/α-hetero) is 1. The molecule has 2 aliphatic rings. The summed E-state index contributed by atoms with van der Waals surface area (Å²) in [7, 11) is 0. The van der Waals surface area contributed by atoms with E-state index in [9.17, 15) is 9.90 Å². The largest absolute Gasteiger partial charge is 0.487 e. The molecule has 0 spiro atoms. The van der Waals surface area contributed by atoms with Gasteiger partial charge in [-0.2, -0.15) is 0 Å². The summed E-state index contributed by atoms with van der Waals surface area (Å²) in [6, 6.07) is 9.92. The average molecular weight is 386 g/mol. The number of ketones is 1. The van der Waals surface area contributed by atoms with E-state index in [0.717, 1.165) is 42.6 Å². The second-order valence-corrected chi connectivity index (χ2v) is 9.14. The number of aliphatic hydroxyl groups excluding tert-OH is 1. The Balaban J connectivity index is 1.33. The number of hydrogen-bond acceptors (Lipinski definition) is 5. The van der Waals surface area contributed by atoms with Gasteiger partial charge in [0.15, 0.2) is 5.78 Å². The predicted molar refractivity (Wildman–Crippen MR) is 108 cm³/mol. The molecular weight excluding hydrogens is 358 g/mol. The zero-order valence-electron chi connectivity index (χ0n) is 15.9. The van der Waals surface area contributed by atoms with Gasteiger partial charge in [0.1, 0.15) is 18.0 Å². The number of fused-ring (bicyclic) bond motifs is 1. The SMILES string of the molecule is Cc1cc2c(s1)CCC(CNC1CCC(Oc3ccccc3C)C1O)C2=O. The van der Waals surface area contributed by atoms with Crippen molar-refractivity contribution in [3.05, 3.63) is 51.2 Å². The van der Waals surface area contributed by atoms with E-state index in [-0.39, 0.29) is 23.8 Å². The Bertz CT molecular complexity index is 831. The number of carbonyl (C=O) groups is 1. The van der Waals surface area contributed by atoms with Crippen molar-refractivity contribution in [2.75, 3.05) is 6.54 Å². The van der Waals surface area contributed by atoms with Crippen LogP contribution in [0.1, 0.15) is 44.9 Å². The van der Waals surface area contributed by atoms with E-state index in [2.05, 4.69) is 12.2 Å². The van der Waals surface area contributed by atoms with Crippen molar-refractivity contribution in [1.82, 2.24) is 5.32 Å². The zero-order chi connectivity index (χ0) is 19.0. The number of nitrogens with one attached hydrogen (secondary N) is 1. The van der Waals surface area contributed by atoms with Crippen LogP contribution in [0.25, 0.3) is 0 Å². The van der Waals surface area contributed by atoms with Crippen LogP contribution in [0.4, 0.5) is 0 Å². The van der Waals surface area contributed by atoms with Crippen molar-refractivity contribution in [3.63, 3.8) is 0 Å². The van der Waals surface area contributed by atoms with Crippen molar-refractivity contribution in [1.29, 1.82) is 0 Å². The highest BCUT2D eigenvalue weighted by Crippen LogP contribution is 2.32. The summed E-state index contributed by atoms with van der Waals surface area (Å²) in [6.45, 7) is 4.71. The standard InChI is InChI=1S/C22H27NO3S/c1-13-5-3-4-6-18(13)26-19-9-8-17(22(19)25)23-12-15-7-10-20-16(21(15)24)11-14(2)27-20/h3-6,11,15,17,19,22-23,25H,7-10,12H2,1-2H3. The van der Waals surface area contributed by atoms with E-state index in [1.165, 1.54) is 9.75 Å². The molecule has 2 aromatic rings. The van der Waals surface area contributed by atoms with Gasteiger partial charge >= 0.3 is 0 Å². The number of carbonyl (C=O) groups excluding carboxylic acids is 1. The van der Waals surface area contributed by atoms with Gasteiger partial charge in [0.05, 0.1) is 0 Å². The van der Waals surface area contributed by atoms with E-state index in [1.54, 1.807) is 11.3 Å². The van der Waals surface area contributed by atoms with Crippen LogP contribution >= 0.6 is 11.3 Å². The van der Waals surface area contributed by atoms with Crippen molar-refractivity contribution in [3.8, 4) is 5.75 Å². The molecule has 4 unspecified atom stereocenters. The summed E-state index contributed by atoms with van der Waals surface area (Å²) in [5.41, 5.74) is 2.00. The van der Waals surface area contributed by atoms with E-state index in [0.29, 0.717) is 6.54 Å². The van der Waals surface area contributed by atoms with Gasteiger partial charge in [-0.15, -0.1) is 11.3 Å². The number of aliphatic hydroxyl groups is 1. The molecular formula is C22H27NO3S. The number of hydrogen-bond donors (Lipinski definition) is 2. The normalized spacial score (nSPS) is 27.6. The Labute approximate surface area is 164 Å². The Morgan fingerprint density at radius 1 is 1.22 bits per heavy atom. The third-order valence-corrected chi connectivity index (χ3v) is 6.95. The second-order valence-electron chi connectivity index (χ2n) is 7.80. The third kappa shape index (κ3) is 3.82. The van der Waals surface area contributed by atoms with Gasteiger partial charge in [0.25, 0.3) is 0 Å². The average Bonchev–Trinajstić information content (AvgIpc) is 3.20. The fourth-order valence-electron chi connectivity index (χ4n) is 4.25. The molecule has 2 aliphatic carbocycles. The number of benzene rings is 1. The molecule has 1 heterocycles. The fourth-order valence-corrected chi connectivity index (χ4v) is 5.30. The summed E-state index contributed by atoms with van der Waals surface area (Å²) < 4.78 is 6.06. The molecule has 4 atom stereocenters. The van der Waals surface area contributed by atoms with Crippen LogP contribution in [0, 0.1) is 19.8 Å². The van der Waals surface area contributed by atoms with Crippen LogP contribution in [-0.4, -0.2) is 35.7 Å². The highest BCUT2D eigenvalue weighted by Gasteiger charge is 2.37. The molecule has 144 valence electrons. The molecule has 1 aromatic carbocycles. The van der Waals surface area contributed by atoms with Crippen LogP contribution in [0.3, 0.4) is 0 Å². The quantitative estimate of drug-likeness (QED) is 0.824. The van der Waals surface area contributed by atoms with Gasteiger partial charge in [-0.1, -0.05) is 18.2 Å². The van der Waals surface area contributed by atoms with Crippen molar-refractivity contribution < 1.29 is 14.6 Å². The van der Waals surface area contributed by atoms with E-state index in [1.807, 2.05) is 37.3 Å². The summed E-state index contributed by atoms with van der Waals surface area (Å²) in [5.74, 6) is 1.10. The molecule has 1 saturated carbocycles. The fraction of sp³-hybridized carbons (Fsp3) is 0.500. The van der Waals surface area contributed by atoms with E-state index >= 15 is 0 Å². The molecule has 1 aromatic heterocycles. The molecule has 0 radical (unpaired) electrons. The summed E-state index contributed by atoms with van der Waals surface area (Å²) in [6.07, 6.45) is 2.81. The first-order valence-electron chi connectivity index (χ1n) is 9.80. The van der Waals surface area contributed by atoms with Crippen molar-refractivity contribution >= 4 is 17.1 Å². The Morgan fingerprint density at radius 3 is 2.85 bits per heavy atom. The lowest BCUT2D eigenvalue weighted by Gasteiger charge is -2.26. The molecule has 5 heteroatoms. The maximum absolute atomic E-state index is 12.7. The molecule has 0 bridgehead atoms. The van der Waals surface area contributed by atoms with Gasteiger partial charge in [0.2, 0.25) is 0 Å². The lowest BCUT2D eigenvalue weighted by molar-refractivity contribution is 0.0438. The molecule has 1 fully saturated rings. The highest BCUT2D eigenvalue weighted by atomic mass is 32.1. The van der Waals surface area contributed by atoms with Gasteiger partial charge < -0.3 is 15.2 Å². The van der Waals surface area contributed by atoms with Gasteiger partial charge in [-0.3, -0.25) is 4.79 Å². The van der Waals surface area contributed by atoms with Gasteiger partial charge in [-0.25, -0.2) is 0 Å². The first-order chi connectivity index (χ1) is 13.0. The molecule has 2 N–H and O–H groups in total. The maximum atomic E-state index is 12.7. The molecule has 4 nitrogen and oxygen atoms in total. The van der Waals surface area contributed by atoms with Crippen LogP contribution < -0.4 is 10.1 Å². The summed E-state index contributed by atoms with van der Waals surface area (Å²) in [4.78, 5) is 15.2. The van der Waals surface area contributed by atoms with Crippen molar-refractivity contribution in [2.24, 2.45) is 5.92 Å². The first kappa shape index (κ1) is 18.7. The predicted octanol–water partition coefficient (Wildman–Crippen LogP) is 3.67. The van der Waals surface area contributed by atoms with Crippen LogP contribution in [0.5, 0.6) is 5.75 Å². The minimum atomic E-state index is -0.553. The monoisotopic (exact) mass is 385 g/mol. The number of rotatable bonds is 5. The smallest absolute Gasteiger partial charge is 0.168 e. The molecule has 27 heavy (non-hydrogen) atoms. The topological polar surface area (TPSA) is 58.6 Å². The molecule has 0 amide bonds. The van der Waals surface area contributed by atoms with Gasteiger partial charge in [-0.05, 0) is 57.2 Å². The Hall–Kier alpha value is -1.69. The zero-order valence-corrected chi connectivity index (χ0v) is 16.7. The Kier molecular flexibility index (Phi) is 5.35. The first-order valence-corrected chi connectivity index (χ1v) is 10.6. The second kappa shape index (κ2) is 7.74. The number of para-hydroxylation sites is 1. The van der Waals surface area contributed by atoms with Crippen molar-refractivity contribution in [2.45, 2.75) is 57.8 Å². The van der Waals surface area contributed by atoms with E-state index in [4.69, 9.17) is 4.74 Å². The third-order valence-electron chi connectivity index (χ3n) is 5.84. The highest BCUT2D eigenvalue weighted by molar-refractivity contribution is 7.12. The van der Waals surface area contributed by atoms with Crippen LogP contribution in [0.15, 0.2) is 30.3 Å². The minimum absolute atomic E-state index is 0.00929. The molecule has 4 rings (SSSR count). The van der Waals surface area contributed by atoms with Crippen LogP contribution in [0.2, 0.25) is 0 Å². The lowest BCUT2D eigenvalue weighted by atomic mass is 9.87. The number of aryl methyl sites for hydroxylation is 3. The van der Waals surface area contributed by atoms with E-state index < -0.39 is 6.10 Å². The minimum Gasteiger partial charge on any atom is -0.487 e. The number of ether oxygens (including phenoxy) is 1. The number of thiophene rings is 1.